The molecular formula is C9H13N5O. The maximum Gasteiger partial charge on any atom is 0.225 e. The summed E-state index contributed by atoms with van der Waals surface area (Å²) in [5, 5.41) is 12.1. The van der Waals surface area contributed by atoms with Gasteiger partial charge in [0.25, 0.3) is 0 Å². The number of hydrogen-bond donors (Lipinski definition) is 3. The van der Waals surface area contributed by atoms with Crippen molar-refractivity contribution in [2.45, 2.75) is 19.4 Å². The van der Waals surface area contributed by atoms with E-state index in [9.17, 15) is 0 Å². The van der Waals surface area contributed by atoms with Gasteiger partial charge in [-0.15, -0.1) is 0 Å². The monoisotopic (exact) mass is 207 g/mol. The zero-order chi connectivity index (χ0) is 10.7. The first-order chi connectivity index (χ1) is 7.33. The minimum atomic E-state index is -0.0126. The Kier molecular flexibility index (Phi) is 2.77. The van der Waals surface area contributed by atoms with Crippen molar-refractivity contribution < 1.29 is 5.11 Å². The van der Waals surface area contributed by atoms with Gasteiger partial charge in [-0.05, 0) is 6.42 Å². The Balaban J connectivity index is 2.20. The number of nitrogens with one attached hydrogen (secondary N) is 2. The molecule has 0 aliphatic heterocycles. The van der Waals surface area contributed by atoms with Crippen LogP contribution in [0.15, 0.2) is 12.5 Å². The molecule has 2 aromatic rings. The van der Waals surface area contributed by atoms with Gasteiger partial charge < -0.3 is 15.4 Å². The van der Waals surface area contributed by atoms with Crippen LogP contribution in [-0.2, 0) is 0 Å². The fourth-order valence-electron chi connectivity index (χ4n) is 1.26. The lowest BCUT2D eigenvalue weighted by atomic mass is 10.2. The molecule has 0 saturated heterocycles. The number of imidazole rings is 1. The summed E-state index contributed by atoms with van der Waals surface area (Å²) in [7, 11) is 0. The molecule has 0 fully saturated rings. The van der Waals surface area contributed by atoms with E-state index in [0.29, 0.717) is 11.6 Å². The van der Waals surface area contributed by atoms with Crippen LogP contribution in [0, 0.1) is 0 Å². The van der Waals surface area contributed by atoms with Crippen LogP contribution >= 0.6 is 0 Å². The molecule has 15 heavy (non-hydrogen) atoms. The van der Waals surface area contributed by atoms with Gasteiger partial charge in [0, 0.05) is 0 Å². The van der Waals surface area contributed by atoms with Crippen LogP contribution in [0.2, 0.25) is 0 Å². The average molecular weight is 207 g/mol. The van der Waals surface area contributed by atoms with Crippen LogP contribution in [0.3, 0.4) is 0 Å². The maximum absolute atomic E-state index is 9.02. The Morgan fingerprint density at radius 3 is 3.13 bits per heavy atom. The van der Waals surface area contributed by atoms with Gasteiger partial charge in [0.2, 0.25) is 5.95 Å². The molecule has 0 spiro atoms. The summed E-state index contributed by atoms with van der Waals surface area (Å²) in [6.07, 6.45) is 4.06. The first kappa shape index (κ1) is 9.85. The number of anilines is 1. The maximum atomic E-state index is 9.02. The van der Waals surface area contributed by atoms with Gasteiger partial charge >= 0.3 is 0 Å². The molecule has 0 bridgehead atoms. The third kappa shape index (κ3) is 2.04. The van der Waals surface area contributed by atoms with E-state index >= 15 is 0 Å². The van der Waals surface area contributed by atoms with Crippen molar-refractivity contribution in [2.24, 2.45) is 0 Å². The van der Waals surface area contributed by atoms with Crippen molar-refractivity contribution in [3.63, 3.8) is 0 Å². The van der Waals surface area contributed by atoms with Gasteiger partial charge in [-0.25, -0.2) is 9.97 Å². The molecule has 3 N–H and O–H groups in total. The van der Waals surface area contributed by atoms with Crippen LogP contribution in [0.25, 0.3) is 11.2 Å². The first-order valence-electron chi connectivity index (χ1n) is 4.87. The summed E-state index contributed by atoms with van der Waals surface area (Å²) in [5.41, 5.74) is 1.43. The summed E-state index contributed by atoms with van der Waals surface area (Å²) in [6.45, 7) is 2.05. The molecule has 2 heterocycles. The third-order valence-corrected chi connectivity index (χ3v) is 2.22. The molecule has 6 nitrogen and oxygen atoms in total. The molecule has 80 valence electrons. The van der Waals surface area contributed by atoms with E-state index < -0.39 is 0 Å². The van der Waals surface area contributed by atoms with Crippen molar-refractivity contribution in [3.8, 4) is 0 Å². The van der Waals surface area contributed by atoms with Gasteiger partial charge in [0.15, 0.2) is 5.65 Å². The highest BCUT2D eigenvalue weighted by atomic mass is 16.3. The summed E-state index contributed by atoms with van der Waals surface area (Å²) in [5.74, 6) is 0.496. The Labute approximate surface area is 86.8 Å². The first-order valence-corrected chi connectivity index (χ1v) is 4.87. The quantitative estimate of drug-likeness (QED) is 0.681. The minimum Gasteiger partial charge on any atom is -0.394 e. The van der Waals surface area contributed by atoms with E-state index in [1.54, 1.807) is 12.5 Å². The van der Waals surface area contributed by atoms with E-state index in [1.807, 2.05) is 6.92 Å². The molecule has 0 unspecified atom stereocenters. The lowest BCUT2D eigenvalue weighted by Gasteiger charge is -2.12. The van der Waals surface area contributed by atoms with E-state index in [-0.39, 0.29) is 12.6 Å². The van der Waals surface area contributed by atoms with Crippen molar-refractivity contribution >= 4 is 17.1 Å². The largest absolute Gasteiger partial charge is 0.394 e. The number of hydrogen-bond acceptors (Lipinski definition) is 5. The molecule has 6 heteroatoms. The van der Waals surface area contributed by atoms with E-state index in [4.69, 9.17) is 5.11 Å². The molecule has 0 radical (unpaired) electrons. The molecule has 0 saturated carbocycles. The number of aliphatic hydroxyl groups is 1. The lowest BCUT2D eigenvalue weighted by molar-refractivity contribution is 0.271. The molecule has 0 aromatic carbocycles. The van der Waals surface area contributed by atoms with Crippen molar-refractivity contribution in [2.75, 3.05) is 11.9 Å². The van der Waals surface area contributed by atoms with Crippen molar-refractivity contribution in [3.05, 3.63) is 12.5 Å². The number of aromatic nitrogens is 4. The van der Waals surface area contributed by atoms with E-state index in [2.05, 4.69) is 25.3 Å². The standard InChI is InChI=1S/C9H13N5O/c1-2-6(4-15)13-9-10-3-7-8(14-9)12-5-11-7/h3,5-6,15H,2,4H2,1H3,(H2,10,11,12,13,14)/t6-/m1/s1. The number of H-pyrrole nitrogens is 1. The fraction of sp³-hybridized carbons (Fsp3) is 0.444. The van der Waals surface area contributed by atoms with Crippen LogP contribution in [0.5, 0.6) is 0 Å². The predicted molar refractivity (Wildman–Crippen MR) is 56.5 cm³/mol. The molecule has 2 aromatic heterocycles. The van der Waals surface area contributed by atoms with Gasteiger partial charge in [0.1, 0.15) is 5.52 Å². The van der Waals surface area contributed by atoms with Gasteiger partial charge in [0.05, 0.1) is 25.2 Å². The number of aromatic amines is 1. The molecule has 0 aliphatic rings. The van der Waals surface area contributed by atoms with Crippen LogP contribution < -0.4 is 5.32 Å². The summed E-state index contributed by atoms with van der Waals surface area (Å²) in [4.78, 5) is 15.2. The fourth-order valence-corrected chi connectivity index (χ4v) is 1.26. The summed E-state index contributed by atoms with van der Waals surface area (Å²) in [6, 6.07) is -0.0126. The molecule has 2 rings (SSSR count). The molecule has 0 aliphatic carbocycles. The smallest absolute Gasteiger partial charge is 0.225 e. The number of fused-ring (bicyclic) bond motifs is 1. The Hall–Kier alpha value is -1.69. The Morgan fingerprint density at radius 2 is 2.40 bits per heavy atom. The number of aliphatic hydroxyl groups excluding tert-OH is 1. The summed E-state index contributed by atoms with van der Waals surface area (Å²) < 4.78 is 0. The molecular weight excluding hydrogens is 194 g/mol. The second-order valence-electron chi connectivity index (χ2n) is 3.27. The third-order valence-electron chi connectivity index (χ3n) is 2.22. The Bertz CT molecular complexity index is 437. The van der Waals surface area contributed by atoms with Gasteiger partial charge in [-0.2, -0.15) is 4.98 Å². The number of nitrogens with zero attached hydrogens (tertiary/aromatic N) is 3. The average Bonchev–Trinajstić information content (AvgIpc) is 2.73. The molecule has 1 atom stereocenters. The van der Waals surface area contributed by atoms with Crippen molar-refractivity contribution in [1.29, 1.82) is 0 Å². The predicted octanol–water partition coefficient (Wildman–Crippen LogP) is 0.536. The highest BCUT2D eigenvalue weighted by molar-refractivity contribution is 5.69. The SMILES string of the molecule is CC[C@H](CO)Nc1ncc2[nH]cnc2n1. The minimum absolute atomic E-state index is 0.0126. The van der Waals surface area contributed by atoms with E-state index in [0.717, 1.165) is 11.9 Å². The second-order valence-corrected chi connectivity index (χ2v) is 3.27. The van der Waals surface area contributed by atoms with Gasteiger partial charge in [-0.3, -0.25) is 0 Å². The second kappa shape index (κ2) is 4.22. The molecule has 0 amide bonds. The van der Waals surface area contributed by atoms with Crippen molar-refractivity contribution in [1.82, 2.24) is 19.9 Å². The summed E-state index contributed by atoms with van der Waals surface area (Å²) >= 11 is 0. The normalized spacial score (nSPS) is 12.9. The van der Waals surface area contributed by atoms with Crippen LogP contribution in [0.4, 0.5) is 5.95 Å². The zero-order valence-electron chi connectivity index (χ0n) is 8.44. The lowest BCUT2D eigenvalue weighted by Crippen LogP contribution is -2.23. The van der Waals surface area contributed by atoms with E-state index in [1.165, 1.54) is 0 Å². The topological polar surface area (TPSA) is 86.7 Å². The Morgan fingerprint density at radius 1 is 1.53 bits per heavy atom. The zero-order valence-corrected chi connectivity index (χ0v) is 8.44. The van der Waals surface area contributed by atoms with Crippen LogP contribution in [0.1, 0.15) is 13.3 Å². The van der Waals surface area contributed by atoms with Crippen LogP contribution in [-0.4, -0.2) is 37.7 Å². The van der Waals surface area contributed by atoms with Gasteiger partial charge in [-0.1, -0.05) is 6.92 Å². The highest BCUT2D eigenvalue weighted by Crippen LogP contribution is 2.08. The highest BCUT2D eigenvalue weighted by Gasteiger charge is 2.07. The number of rotatable bonds is 4.